The van der Waals surface area contributed by atoms with Crippen molar-refractivity contribution in [2.45, 2.75) is 26.4 Å². The van der Waals surface area contributed by atoms with Gasteiger partial charge in [-0.05, 0) is 20.8 Å². The molecular weight excluding hydrogens is 158 g/mol. The normalized spacial score (nSPS) is 12.4. The predicted octanol–water partition coefficient (Wildman–Crippen LogP) is 0.766. The molecule has 0 spiro atoms. The highest BCUT2D eigenvalue weighted by Crippen LogP contribution is 2.09. The average Bonchev–Trinajstić information content (AvgIpc) is 1.14. The molecule has 0 rings (SSSR count). The van der Waals surface area contributed by atoms with Gasteiger partial charge in [0, 0.05) is 0 Å². The van der Waals surface area contributed by atoms with Crippen molar-refractivity contribution >= 4 is 10.4 Å². The summed E-state index contributed by atoms with van der Waals surface area (Å²) in [5.74, 6) is 0. The molecule has 4 N–H and O–H groups in total. The van der Waals surface area contributed by atoms with E-state index >= 15 is 0 Å². The fourth-order valence-electron chi connectivity index (χ4n) is 0.316. The minimum atomic E-state index is -4.28. The standard InChI is InChI=1S/C4H10O4S.H3N/c1-4(2,3)8-9(5,6)7;/h1-3H3,(H,5,6,7);1H3. The summed E-state index contributed by atoms with van der Waals surface area (Å²) in [7, 11) is -4.28. The van der Waals surface area contributed by atoms with Crippen LogP contribution in [0.3, 0.4) is 0 Å². The molecule has 6 heteroatoms. The maximum Gasteiger partial charge on any atom is 0.397 e. The molecule has 0 bridgehead atoms. The van der Waals surface area contributed by atoms with E-state index in [1.54, 1.807) is 0 Å². The zero-order valence-corrected chi connectivity index (χ0v) is 7.10. The minimum Gasteiger partial charge on any atom is -0.344 e. The van der Waals surface area contributed by atoms with Gasteiger partial charge in [0.1, 0.15) is 0 Å². The van der Waals surface area contributed by atoms with Gasteiger partial charge in [-0.1, -0.05) is 0 Å². The van der Waals surface area contributed by atoms with E-state index in [-0.39, 0.29) is 6.15 Å². The number of hydrogen-bond donors (Lipinski definition) is 2. The SMILES string of the molecule is CC(C)(C)OS(=O)(=O)O.N. The van der Waals surface area contributed by atoms with Crippen LogP contribution in [0.1, 0.15) is 20.8 Å². The van der Waals surface area contributed by atoms with Crippen molar-refractivity contribution < 1.29 is 17.2 Å². The van der Waals surface area contributed by atoms with Gasteiger partial charge in [0.25, 0.3) is 0 Å². The minimum absolute atomic E-state index is 0. The van der Waals surface area contributed by atoms with Crippen molar-refractivity contribution in [3.05, 3.63) is 0 Å². The van der Waals surface area contributed by atoms with E-state index in [2.05, 4.69) is 4.18 Å². The lowest BCUT2D eigenvalue weighted by Gasteiger charge is -2.14. The van der Waals surface area contributed by atoms with Crippen LogP contribution in [-0.4, -0.2) is 18.6 Å². The van der Waals surface area contributed by atoms with E-state index in [9.17, 15) is 8.42 Å². The molecule has 0 heterocycles. The van der Waals surface area contributed by atoms with Crippen molar-refractivity contribution in [2.24, 2.45) is 0 Å². The molecule has 0 aromatic carbocycles. The van der Waals surface area contributed by atoms with Gasteiger partial charge >= 0.3 is 10.4 Å². The molecule has 0 unspecified atom stereocenters. The summed E-state index contributed by atoms with van der Waals surface area (Å²) in [6.07, 6.45) is 0. The molecule has 0 atom stereocenters. The fraction of sp³-hybridized carbons (Fsp3) is 1.00. The van der Waals surface area contributed by atoms with Gasteiger partial charge < -0.3 is 6.15 Å². The Bertz CT molecular complexity index is 178. The first-order chi connectivity index (χ1) is 3.71. The van der Waals surface area contributed by atoms with Gasteiger partial charge in [-0.25, -0.2) is 4.18 Å². The molecule has 0 saturated heterocycles. The second-order valence-electron chi connectivity index (χ2n) is 2.62. The van der Waals surface area contributed by atoms with E-state index in [4.69, 9.17) is 4.55 Å². The van der Waals surface area contributed by atoms with Crippen molar-refractivity contribution in [1.29, 1.82) is 0 Å². The molecule has 5 nitrogen and oxygen atoms in total. The number of rotatable bonds is 1. The summed E-state index contributed by atoms with van der Waals surface area (Å²) in [5.41, 5.74) is -0.854. The Hall–Kier alpha value is -0.170. The predicted molar refractivity (Wildman–Crippen MR) is 37.4 cm³/mol. The molecule has 0 radical (unpaired) electrons. The lowest BCUT2D eigenvalue weighted by Crippen LogP contribution is -2.23. The van der Waals surface area contributed by atoms with E-state index < -0.39 is 16.0 Å². The van der Waals surface area contributed by atoms with Gasteiger partial charge in [0.05, 0.1) is 5.60 Å². The maximum absolute atomic E-state index is 9.98. The highest BCUT2D eigenvalue weighted by Gasteiger charge is 2.18. The molecule has 0 aliphatic rings. The van der Waals surface area contributed by atoms with Crippen molar-refractivity contribution in [3.63, 3.8) is 0 Å². The topological polar surface area (TPSA) is 98.6 Å². The molecule has 0 aliphatic heterocycles. The van der Waals surface area contributed by atoms with Gasteiger partial charge in [-0.15, -0.1) is 0 Å². The monoisotopic (exact) mass is 171 g/mol. The zero-order chi connectivity index (χ0) is 7.71. The summed E-state index contributed by atoms with van der Waals surface area (Å²) in [5, 5.41) is 0. The average molecular weight is 171 g/mol. The summed E-state index contributed by atoms with van der Waals surface area (Å²) in [4.78, 5) is 0. The van der Waals surface area contributed by atoms with Crippen LogP contribution < -0.4 is 6.15 Å². The summed E-state index contributed by atoms with van der Waals surface area (Å²) in [6, 6.07) is 0. The van der Waals surface area contributed by atoms with E-state index in [1.165, 1.54) is 20.8 Å². The zero-order valence-electron chi connectivity index (χ0n) is 6.29. The molecule has 0 aliphatic carbocycles. The first kappa shape index (κ1) is 12.5. The lowest BCUT2D eigenvalue weighted by atomic mass is 10.2. The van der Waals surface area contributed by atoms with Gasteiger partial charge in [-0.3, -0.25) is 4.55 Å². The third-order valence-corrected chi connectivity index (χ3v) is 1.07. The second-order valence-corrected chi connectivity index (χ2v) is 3.65. The third-order valence-electron chi connectivity index (χ3n) is 0.355. The Morgan fingerprint density at radius 2 is 1.60 bits per heavy atom. The fourth-order valence-corrected chi connectivity index (χ4v) is 0.948. The Morgan fingerprint density at radius 3 is 1.60 bits per heavy atom. The highest BCUT2D eigenvalue weighted by atomic mass is 32.3. The third kappa shape index (κ3) is 10.7. The molecule has 64 valence electrons. The molecular formula is C4H13NO4S. The lowest BCUT2D eigenvalue weighted by molar-refractivity contribution is 0.119. The smallest absolute Gasteiger partial charge is 0.344 e. The summed E-state index contributed by atoms with van der Waals surface area (Å²) < 4.78 is 32.2. The second kappa shape index (κ2) is 3.29. The summed E-state index contributed by atoms with van der Waals surface area (Å²) >= 11 is 0. The Morgan fingerprint density at radius 1 is 1.30 bits per heavy atom. The maximum atomic E-state index is 9.98. The van der Waals surface area contributed by atoms with Gasteiger partial charge in [0.2, 0.25) is 0 Å². The van der Waals surface area contributed by atoms with Crippen molar-refractivity contribution in [1.82, 2.24) is 6.15 Å². The molecule has 0 amide bonds. The van der Waals surface area contributed by atoms with E-state index in [1.807, 2.05) is 0 Å². The Labute approximate surface area is 60.9 Å². The van der Waals surface area contributed by atoms with Crippen LogP contribution in [0.5, 0.6) is 0 Å². The number of hydrogen-bond acceptors (Lipinski definition) is 4. The van der Waals surface area contributed by atoms with E-state index in [0.29, 0.717) is 0 Å². The summed E-state index contributed by atoms with van der Waals surface area (Å²) in [6.45, 7) is 4.59. The van der Waals surface area contributed by atoms with Crippen molar-refractivity contribution in [2.75, 3.05) is 0 Å². The molecule has 10 heavy (non-hydrogen) atoms. The van der Waals surface area contributed by atoms with Crippen LogP contribution in [0.2, 0.25) is 0 Å². The molecule has 0 aromatic rings. The Balaban J connectivity index is 0. The quantitative estimate of drug-likeness (QED) is 0.567. The Kier molecular flexibility index (Phi) is 4.11. The van der Waals surface area contributed by atoms with Gasteiger partial charge in [-0.2, -0.15) is 8.42 Å². The first-order valence-electron chi connectivity index (χ1n) is 2.39. The van der Waals surface area contributed by atoms with Crippen LogP contribution >= 0.6 is 0 Å². The molecule has 0 saturated carbocycles. The van der Waals surface area contributed by atoms with Crippen molar-refractivity contribution in [3.8, 4) is 0 Å². The van der Waals surface area contributed by atoms with Gasteiger partial charge in [0.15, 0.2) is 0 Å². The van der Waals surface area contributed by atoms with Crippen LogP contribution in [0.25, 0.3) is 0 Å². The highest BCUT2D eigenvalue weighted by molar-refractivity contribution is 7.80. The van der Waals surface area contributed by atoms with Crippen LogP contribution in [-0.2, 0) is 14.6 Å². The van der Waals surface area contributed by atoms with Crippen LogP contribution in [0.15, 0.2) is 0 Å². The van der Waals surface area contributed by atoms with Crippen LogP contribution in [0.4, 0.5) is 0 Å². The van der Waals surface area contributed by atoms with Crippen LogP contribution in [0, 0.1) is 0 Å². The largest absolute Gasteiger partial charge is 0.397 e. The van der Waals surface area contributed by atoms with E-state index in [0.717, 1.165) is 0 Å². The molecule has 0 fully saturated rings. The first-order valence-corrected chi connectivity index (χ1v) is 3.75. The molecule has 0 aromatic heterocycles.